The first-order chi connectivity index (χ1) is 17.2. The van der Waals surface area contributed by atoms with Crippen LogP contribution in [0, 0.1) is 0 Å². The third-order valence-electron chi connectivity index (χ3n) is 6.01. The number of halogens is 3. The first-order valence-electron chi connectivity index (χ1n) is 11.5. The van der Waals surface area contributed by atoms with Crippen molar-refractivity contribution in [1.29, 1.82) is 0 Å². The lowest BCUT2D eigenvalue weighted by atomic mass is 10.0. The van der Waals surface area contributed by atoms with Crippen LogP contribution in [0.1, 0.15) is 29.8 Å². The van der Waals surface area contributed by atoms with Crippen molar-refractivity contribution in [1.82, 2.24) is 15.0 Å². The number of pyridine rings is 1. The van der Waals surface area contributed by atoms with Crippen molar-refractivity contribution in [3.05, 3.63) is 71.9 Å². The minimum Gasteiger partial charge on any atom is -0.372 e. The van der Waals surface area contributed by atoms with Gasteiger partial charge in [-0.1, -0.05) is 12.1 Å². The van der Waals surface area contributed by atoms with E-state index in [0.29, 0.717) is 30.1 Å². The molecule has 1 saturated heterocycles. The van der Waals surface area contributed by atoms with Crippen LogP contribution in [0.15, 0.2) is 60.8 Å². The molecule has 186 valence electrons. The van der Waals surface area contributed by atoms with Gasteiger partial charge in [-0.05, 0) is 56.3 Å². The molecule has 0 spiro atoms. The van der Waals surface area contributed by atoms with Gasteiger partial charge >= 0.3 is 6.18 Å². The van der Waals surface area contributed by atoms with Crippen molar-refractivity contribution in [2.45, 2.75) is 32.2 Å². The Balaban J connectivity index is 1.53. The number of carbonyl (C=O) groups is 1. The zero-order valence-electron chi connectivity index (χ0n) is 19.6. The molecule has 1 amide bonds. The van der Waals surface area contributed by atoms with Crippen LogP contribution in [-0.2, 0) is 10.9 Å². The van der Waals surface area contributed by atoms with Crippen molar-refractivity contribution in [2.75, 3.05) is 23.3 Å². The summed E-state index contributed by atoms with van der Waals surface area (Å²) in [6, 6.07) is 14.2. The van der Waals surface area contributed by atoms with Gasteiger partial charge in [-0.25, -0.2) is 9.97 Å². The summed E-state index contributed by atoms with van der Waals surface area (Å²) in [5.41, 5.74) is 0.528. The third kappa shape index (κ3) is 4.76. The number of carbonyl (C=O) groups excluding carboxylic acids is 1. The molecule has 1 aliphatic heterocycles. The molecule has 7 nitrogen and oxygen atoms in total. The highest BCUT2D eigenvalue weighted by Gasteiger charge is 2.36. The second kappa shape index (κ2) is 9.27. The summed E-state index contributed by atoms with van der Waals surface area (Å²) in [5.74, 6) is -0.0677. The Kier molecular flexibility index (Phi) is 6.13. The summed E-state index contributed by atoms with van der Waals surface area (Å²) in [4.78, 5) is 26.2. The van der Waals surface area contributed by atoms with Gasteiger partial charge in [0, 0.05) is 30.5 Å². The van der Waals surface area contributed by atoms with E-state index in [2.05, 4.69) is 20.3 Å². The molecular formula is C26H24F3N5O2. The fourth-order valence-electron chi connectivity index (χ4n) is 4.52. The van der Waals surface area contributed by atoms with E-state index in [1.807, 2.05) is 18.7 Å². The van der Waals surface area contributed by atoms with E-state index in [4.69, 9.17) is 4.74 Å². The molecule has 2 aromatic carbocycles. The van der Waals surface area contributed by atoms with Crippen LogP contribution < -0.4 is 10.2 Å². The van der Waals surface area contributed by atoms with Gasteiger partial charge in [0.1, 0.15) is 17.2 Å². The Labute approximate surface area is 205 Å². The Bertz CT molecular complexity index is 1390. The molecule has 0 aliphatic carbocycles. The van der Waals surface area contributed by atoms with Crippen LogP contribution in [0.3, 0.4) is 0 Å². The molecule has 0 bridgehead atoms. The first-order valence-corrected chi connectivity index (χ1v) is 11.5. The van der Waals surface area contributed by atoms with Crippen LogP contribution >= 0.6 is 0 Å². The number of H-pyrrole nitrogens is 1. The number of rotatable bonds is 4. The second-order valence-electron chi connectivity index (χ2n) is 8.85. The lowest BCUT2D eigenvalue weighted by Gasteiger charge is -2.37. The lowest BCUT2D eigenvalue weighted by Crippen LogP contribution is -2.45. The monoisotopic (exact) mass is 495 g/mol. The van der Waals surface area contributed by atoms with Gasteiger partial charge in [-0.15, -0.1) is 0 Å². The standard InChI is InChI=1S/C26H24F3N5O2/c1-15-13-34(14-16(2)36-15)17-9-10-18(20(12-17)26(27,28)29)24-31-21-7-5-6-19(23(21)33-24)25(35)32-22-8-3-4-11-30-22/h3-12,15-16H,13-14H2,1-2H3,(H,31,33)(H,30,32,35). The number of ether oxygens (including phenoxy) is 1. The smallest absolute Gasteiger partial charge is 0.372 e. The molecule has 2 atom stereocenters. The van der Waals surface area contributed by atoms with E-state index in [-0.39, 0.29) is 34.7 Å². The molecule has 2 N–H and O–H groups in total. The second-order valence-corrected chi connectivity index (χ2v) is 8.85. The predicted octanol–water partition coefficient (Wildman–Crippen LogP) is 5.51. The maximum Gasteiger partial charge on any atom is 0.417 e. The third-order valence-corrected chi connectivity index (χ3v) is 6.01. The van der Waals surface area contributed by atoms with Crippen LogP contribution in [0.25, 0.3) is 22.4 Å². The van der Waals surface area contributed by atoms with Gasteiger partial charge in [-0.3, -0.25) is 4.79 Å². The van der Waals surface area contributed by atoms with Gasteiger partial charge in [0.15, 0.2) is 0 Å². The zero-order valence-corrected chi connectivity index (χ0v) is 19.6. The van der Waals surface area contributed by atoms with Crippen LogP contribution in [0.2, 0.25) is 0 Å². The molecule has 2 unspecified atom stereocenters. The van der Waals surface area contributed by atoms with Crippen molar-refractivity contribution >= 4 is 28.4 Å². The minimum atomic E-state index is -4.60. The maximum absolute atomic E-state index is 14.2. The molecular weight excluding hydrogens is 471 g/mol. The fourth-order valence-corrected chi connectivity index (χ4v) is 4.52. The summed E-state index contributed by atoms with van der Waals surface area (Å²) < 4.78 is 48.3. The summed E-state index contributed by atoms with van der Waals surface area (Å²) in [6.45, 7) is 4.80. The Morgan fingerprint density at radius 3 is 2.56 bits per heavy atom. The van der Waals surface area contributed by atoms with E-state index in [1.54, 1.807) is 48.7 Å². The number of imidazole rings is 1. The Hall–Kier alpha value is -3.92. The van der Waals surface area contributed by atoms with Crippen molar-refractivity contribution in [3.63, 3.8) is 0 Å². The molecule has 10 heteroatoms. The number of amides is 1. The molecule has 1 fully saturated rings. The number of nitrogens with one attached hydrogen (secondary N) is 2. The Morgan fingerprint density at radius 2 is 1.86 bits per heavy atom. The molecule has 0 saturated carbocycles. The number of para-hydroxylation sites is 1. The van der Waals surface area contributed by atoms with E-state index < -0.39 is 17.6 Å². The van der Waals surface area contributed by atoms with E-state index in [0.717, 1.165) is 6.07 Å². The number of hydrogen-bond acceptors (Lipinski definition) is 5. The zero-order chi connectivity index (χ0) is 25.4. The number of anilines is 2. The summed E-state index contributed by atoms with van der Waals surface area (Å²) >= 11 is 0. The van der Waals surface area contributed by atoms with Gasteiger partial charge in [0.25, 0.3) is 5.91 Å². The summed E-state index contributed by atoms with van der Waals surface area (Å²) in [6.07, 6.45) is -3.24. The van der Waals surface area contributed by atoms with Gasteiger partial charge in [-0.2, -0.15) is 13.2 Å². The fraction of sp³-hybridized carbons (Fsp3) is 0.269. The first kappa shape index (κ1) is 23.8. The highest BCUT2D eigenvalue weighted by molar-refractivity contribution is 6.11. The van der Waals surface area contributed by atoms with Crippen molar-refractivity contribution < 1.29 is 22.7 Å². The topological polar surface area (TPSA) is 83.1 Å². The molecule has 1 aliphatic rings. The molecule has 3 heterocycles. The Morgan fingerprint density at radius 1 is 1.08 bits per heavy atom. The number of hydrogen-bond donors (Lipinski definition) is 2. The van der Waals surface area contributed by atoms with Gasteiger partial charge in [0.05, 0.1) is 28.9 Å². The van der Waals surface area contributed by atoms with Gasteiger partial charge < -0.3 is 19.9 Å². The van der Waals surface area contributed by atoms with Crippen molar-refractivity contribution in [2.24, 2.45) is 0 Å². The highest BCUT2D eigenvalue weighted by Crippen LogP contribution is 2.39. The number of aromatic amines is 1. The number of fused-ring (bicyclic) bond motifs is 1. The number of aromatic nitrogens is 3. The van der Waals surface area contributed by atoms with Crippen LogP contribution in [-0.4, -0.2) is 46.2 Å². The molecule has 5 rings (SSSR count). The van der Waals surface area contributed by atoms with Crippen LogP contribution in [0.5, 0.6) is 0 Å². The van der Waals surface area contributed by atoms with E-state index in [1.165, 1.54) is 6.07 Å². The average molecular weight is 496 g/mol. The largest absolute Gasteiger partial charge is 0.417 e. The normalized spacial score (nSPS) is 18.4. The minimum absolute atomic E-state index is 0.0330. The molecule has 2 aromatic heterocycles. The number of morpholine rings is 1. The lowest BCUT2D eigenvalue weighted by molar-refractivity contribution is -0.137. The summed E-state index contributed by atoms with van der Waals surface area (Å²) in [5, 5.41) is 2.69. The number of nitrogens with zero attached hydrogens (tertiary/aromatic N) is 3. The molecule has 36 heavy (non-hydrogen) atoms. The van der Waals surface area contributed by atoms with E-state index in [9.17, 15) is 18.0 Å². The van der Waals surface area contributed by atoms with Crippen molar-refractivity contribution in [3.8, 4) is 11.4 Å². The highest BCUT2D eigenvalue weighted by atomic mass is 19.4. The quantitative estimate of drug-likeness (QED) is 0.390. The number of benzene rings is 2. The molecule has 0 radical (unpaired) electrons. The average Bonchev–Trinajstić information content (AvgIpc) is 3.27. The van der Waals surface area contributed by atoms with Crippen LogP contribution in [0.4, 0.5) is 24.7 Å². The predicted molar refractivity (Wildman–Crippen MR) is 131 cm³/mol. The SMILES string of the molecule is CC1CN(c2ccc(-c3nc4c(C(=O)Nc5ccccn5)cccc4[nH]3)c(C(F)(F)F)c2)CC(C)O1. The number of alkyl halides is 3. The molecule has 4 aromatic rings. The van der Waals surface area contributed by atoms with Gasteiger partial charge in [0.2, 0.25) is 0 Å². The van der Waals surface area contributed by atoms with E-state index >= 15 is 0 Å². The summed E-state index contributed by atoms with van der Waals surface area (Å²) in [7, 11) is 0. The maximum atomic E-state index is 14.2.